The molecule has 0 saturated heterocycles. The summed E-state index contributed by atoms with van der Waals surface area (Å²) in [6, 6.07) is 11.6. The van der Waals surface area contributed by atoms with Gasteiger partial charge in [0.15, 0.2) is 11.5 Å². The number of aryl methyl sites for hydroxylation is 2. The number of benzene rings is 2. The first-order valence-electron chi connectivity index (χ1n) is 10.1. The van der Waals surface area contributed by atoms with Crippen LogP contribution >= 0.6 is 0 Å². The van der Waals surface area contributed by atoms with Crippen molar-refractivity contribution in [1.82, 2.24) is 9.80 Å². The second-order valence-corrected chi connectivity index (χ2v) is 7.58. The molecule has 1 aliphatic heterocycles. The van der Waals surface area contributed by atoms with Crippen molar-refractivity contribution in [2.75, 3.05) is 38.8 Å². The second-order valence-electron chi connectivity index (χ2n) is 7.58. The number of carbonyl (C=O) groups excluding carboxylic acids is 2. The molecule has 2 aromatic rings. The molecule has 0 bridgehead atoms. The molecule has 0 atom stereocenters. The predicted molar refractivity (Wildman–Crippen MR) is 116 cm³/mol. The Hall–Kier alpha value is -3.06. The Morgan fingerprint density at radius 1 is 1.03 bits per heavy atom. The van der Waals surface area contributed by atoms with E-state index in [4.69, 9.17) is 9.47 Å². The van der Waals surface area contributed by atoms with E-state index >= 15 is 0 Å². The first kappa shape index (κ1) is 21.6. The molecule has 160 valence electrons. The van der Waals surface area contributed by atoms with Crippen molar-refractivity contribution in [3.05, 3.63) is 53.1 Å². The van der Waals surface area contributed by atoms with E-state index in [0.717, 1.165) is 28.1 Å². The largest absolute Gasteiger partial charge is 0.454 e. The molecule has 1 heterocycles. The van der Waals surface area contributed by atoms with Gasteiger partial charge in [-0.3, -0.25) is 14.5 Å². The Kier molecular flexibility index (Phi) is 6.95. The highest BCUT2D eigenvalue weighted by Crippen LogP contribution is 2.32. The predicted octanol–water partition coefficient (Wildman–Crippen LogP) is 2.95. The van der Waals surface area contributed by atoms with Crippen LogP contribution in [0.1, 0.15) is 23.6 Å². The molecule has 7 nitrogen and oxygen atoms in total. The standard InChI is InChI=1S/C23H29N3O4/c1-5-26(12-18-9-10-19-20(11-18)30-15-29-19)22(28)14-25(4)13-21(27)24-23-16(2)7-6-8-17(23)3/h6-11H,5,12-15H2,1-4H3,(H,24,27). The Labute approximate surface area is 177 Å². The van der Waals surface area contributed by atoms with E-state index in [1.54, 1.807) is 16.8 Å². The molecular weight excluding hydrogens is 382 g/mol. The Balaban J connectivity index is 1.53. The van der Waals surface area contributed by atoms with E-state index < -0.39 is 0 Å². The topological polar surface area (TPSA) is 71.1 Å². The SMILES string of the molecule is CCN(Cc1ccc2c(c1)OCO2)C(=O)CN(C)CC(=O)Nc1c(C)cccc1C. The summed E-state index contributed by atoms with van der Waals surface area (Å²) in [7, 11) is 1.77. The third-order valence-electron chi connectivity index (χ3n) is 5.11. The van der Waals surface area contributed by atoms with Crippen LogP contribution in [0, 0.1) is 13.8 Å². The molecule has 7 heteroatoms. The summed E-state index contributed by atoms with van der Waals surface area (Å²) in [5, 5.41) is 2.96. The van der Waals surface area contributed by atoms with Crippen molar-refractivity contribution < 1.29 is 19.1 Å². The number of carbonyl (C=O) groups is 2. The van der Waals surface area contributed by atoms with Crippen molar-refractivity contribution in [3.8, 4) is 11.5 Å². The maximum atomic E-state index is 12.8. The van der Waals surface area contributed by atoms with E-state index in [0.29, 0.717) is 18.8 Å². The average Bonchev–Trinajstić information content (AvgIpc) is 3.16. The summed E-state index contributed by atoms with van der Waals surface area (Å²) in [5.41, 5.74) is 3.84. The molecule has 0 aromatic heterocycles. The number of fused-ring (bicyclic) bond motifs is 1. The molecule has 2 amide bonds. The number of nitrogens with one attached hydrogen (secondary N) is 1. The average molecular weight is 412 g/mol. The fraction of sp³-hybridized carbons (Fsp3) is 0.391. The number of anilines is 1. The van der Waals surface area contributed by atoms with Gasteiger partial charge in [-0.25, -0.2) is 0 Å². The molecule has 0 spiro atoms. The molecule has 0 fully saturated rings. The van der Waals surface area contributed by atoms with Crippen molar-refractivity contribution in [2.24, 2.45) is 0 Å². The summed E-state index contributed by atoms with van der Waals surface area (Å²) >= 11 is 0. The monoisotopic (exact) mass is 411 g/mol. The van der Waals surface area contributed by atoms with Crippen LogP contribution in [0.2, 0.25) is 0 Å². The number of hydrogen-bond donors (Lipinski definition) is 1. The third kappa shape index (κ3) is 5.30. The lowest BCUT2D eigenvalue weighted by atomic mass is 10.1. The Morgan fingerprint density at radius 3 is 2.43 bits per heavy atom. The maximum Gasteiger partial charge on any atom is 0.238 e. The summed E-state index contributed by atoms with van der Waals surface area (Å²) in [6.45, 7) is 7.46. The number of nitrogens with zero attached hydrogens (tertiary/aromatic N) is 2. The van der Waals surface area contributed by atoms with Crippen LogP contribution in [0.4, 0.5) is 5.69 Å². The van der Waals surface area contributed by atoms with Gasteiger partial charge < -0.3 is 19.7 Å². The highest BCUT2D eigenvalue weighted by molar-refractivity contribution is 5.94. The molecule has 30 heavy (non-hydrogen) atoms. The minimum Gasteiger partial charge on any atom is -0.454 e. The summed E-state index contributed by atoms with van der Waals surface area (Å²) < 4.78 is 10.7. The van der Waals surface area contributed by atoms with Crippen LogP contribution in [-0.4, -0.2) is 55.1 Å². The van der Waals surface area contributed by atoms with Crippen molar-refractivity contribution >= 4 is 17.5 Å². The van der Waals surface area contributed by atoms with Crippen LogP contribution in [0.3, 0.4) is 0 Å². The zero-order valence-electron chi connectivity index (χ0n) is 18.0. The summed E-state index contributed by atoms with van der Waals surface area (Å²) in [5.74, 6) is 1.26. The number of ether oxygens (including phenoxy) is 2. The maximum absolute atomic E-state index is 12.8. The number of likely N-dealkylation sites (N-methyl/N-ethyl adjacent to an activating group) is 2. The van der Waals surface area contributed by atoms with Gasteiger partial charge in [0, 0.05) is 18.8 Å². The minimum atomic E-state index is -0.137. The van der Waals surface area contributed by atoms with Gasteiger partial charge in [0.25, 0.3) is 0 Å². The van der Waals surface area contributed by atoms with Gasteiger partial charge in [-0.15, -0.1) is 0 Å². The van der Waals surface area contributed by atoms with Gasteiger partial charge >= 0.3 is 0 Å². The molecule has 0 unspecified atom stereocenters. The van der Waals surface area contributed by atoms with Crippen LogP contribution in [0.5, 0.6) is 11.5 Å². The van der Waals surface area contributed by atoms with Crippen molar-refractivity contribution in [2.45, 2.75) is 27.3 Å². The van der Waals surface area contributed by atoms with E-state index in [2.05, 4.69) is 5.32 Å². The van der Waals surface area contributed by atoms with Gasteiger partial charge in [0.2, 0.25) is 18.6 Å². The van der Waals surface area contributed by atoms with Crippen LogP contribution in [0.25, 0.3) is 0 Å². The zero-order chi connectivity index (χ0) is 21.7. The highest BCUT2D eigenvalue weighted by atomic mass is 16.7. The van der Waals surface area contributed by atoms with Crippen LogP contribution in [0.15, 0.2) is 36.4 Å². The number of para-hydroxylation sites is 1. The van der Waals surface area contributed by atoms with Gasteiger partial charge in [-0.05, 0) is 56.6 Å². The number of rotatable bonds is 8. The van der Waals surface area contributed by atoms with E-state index in [1.165, 1.54) is 0 Å². The number of amides is 2. The Morgan fingerprint density at radius 2 is 1.73 bits per heavy atom. The smallest absolute Gasteiger partial charge is 0.238 e. The lowest BCUT2D eigenvalue weighted by Gasteiger charge is -2.24. The number of hydrogen-bond acceptors (Lipinski definition) is 5. The second kappa shape index (κ2) is 9.63. The molecular formula is C23H29N3O4. The lowest BCUT2D eigenvalue weighted by molar-refractivity contribution is -0.132. The molecule has 0 radical (unpaired) electrons. The van der Waals surface area contributed by atoms with Gasteiger partial charge in [0.05, 0.1) is 13.1 Å². The van der Waals surface area contributed by atoms with Crippen molar-refractivity contribution in [3.63, 3.8) is 0 Å². The van der Waals surface area contributed by atoms with Gasteiger partial charge in [-0.1, -0.05) is 24.3 Å². The summed E-state index contributed by atoms with van der Waals surface area (Å²) in [4.78, 5) is 28.7. The molecule has 1 aliphatic rings. The van der Waals surface area contributed by atoms with E-state index in [-0.39, 0.29) is 31.7 Å². The van der Waals surface area contributed by atoms with Crippen LogP contribution in [-0.2, 0) is 16.1 Å². The van der Waals surface area contributed by atoms with Gasteiger partial charge in [-0.2, -0.15) is 0 Å². The lowest BCUT2D eigenvalue weighted by Crippen LogP contribution is -2.41. The fourth-order valence-electron chi connectivity index (χ4n) is 3.46. The molecule has 2 aromatic carbocycles. The fourth-order valence-corrected chi connectivity index (χ4v) is 3.46. The van der Waals surface area contributed by atoms with Crippen LogP contribution < -0.4 is 14.8 Å². The quantitative estimate of drug-likeness (QED) is 0.723. The third-order valence-corrected chi connectivity index (χ3v) is 5.11. The van der Waals surface area contributed by atoms with Crippen molar-refractivity contribution in [1.29, 1.82) is 0 Å². The molecule has 3 rings (SSSR count). The minimum absolute atomic E-state index is 0.0301. The molecule has 0 aliphatic carbocycles. The first-order valence-corrected chi connectivity index (χ1v) is 10.1. The molecule has 1 N–H and O–H groups in total. The first-order chi connectivity index (χ1) is 14.4. The normalized spacial score (nSPS) is 12.2. The van der Waals surface area contributed by atoms with Gasteiger partial charge in [0.1, 0.15) is 0 Å². The highest BCUT2D eigenvalue weighted by Gasteiger charge is 2.19. The summed E-state index contributed by atoms with van der Waals surface area (Å²) in [6.07, 6.45) is 0. The Bertz CT molecular complexity index is 908. The molecule has 0 saturated carbocycles. The van der Waals surface area contributed by atoms with E-state index in [9.17, 15) is 9.59 Å². The zero-order valence-corrected chi connectivity index (χ0v) is 18.0. The van der Waals surface area contributed by atoms with E-state index in [1.807, 2.05) is 57.2 Å².